The molecule has 150 valence electrons. The summed E-state index contributed by atoms with van der Waals surface area (Å²) in [5.74, 6) is -1.32. The number of hydrogen-bond acceptors (Lipinski definition) is 5. The lowest BCUT2D eigenvalue weighted by atomic mass is 10.00. The first-order valence-electron chi connectivity index (χ1n) is 9.42. The van der Waals surface area contributed by atoms with Gasteiger partial charge in [-0.15, -0.1) is 0 Å². The van der Waals surface area contributed by atoms with E-state index in [4.69, 9.17) is 0 Å². The van der Waals surface area contributed by atoms with Crippen LogP contribution in [0.15, 0.2) is 48.7 Å². The number of pyridine rings is 1. The molecule has 1 aromatic carbocycles. The first-order chi connectivity index (χ1) is 14.0. The van der Waals surface area contributed by atoms with E-state index in [0.717, 1.165) is 5.82 Å². The zero-order valence-electron chi connectivity index (χ0n) is 16.0. The normalized spacial score (nSPS) is 16.1. The molecule has 29 heavy (non-hydrogen) atoms. The monoisotopic (exact) mass is 394 g/mol. The van der Waals surface area contributed by atoms with Gasteiger partial charge in [-0.3, -0.25) is 9.69 Å². The largest absolute Gasteiger partial charge is 0.480 e. The molecule has 0 aliphatic carbocycles. The van der Waals surface area contributed by atoms with Crippen LogP contribution in [-0.4, -0.2) is 62.8 Å². The van der Waals surface area contributed by atoms with Crippen LogP contribution in [0, 0.1) is 0 Å². The number of piperazine rings is 1. The van der Waals surface area contributed by atoms with Crippen LogP contribution in [-0.2, 0) is 11.8 Å². The van der Waals surface area contributed by atoms with E-state index in [1.807, 2.05) is 35.2 Å². The highest BCUT2D eigenvalue weighted by Gasteiger charge is 2.36. The van der Waals surface area contributed by atoms with E-state index in [1.165, 1.54) is 0 Å². The molecule has 0 unspecified atom stereocenters. The number of aromatic carboxylic acids is 1. The fraction of sp³-hybridized carbons (Fsp3) is 0.286. The minimum absolute atomic E-state index is 0.0192. The van der Waals surface area contributed by atoms with Gasteiger partial charge in [-0.05, 0) is 18.2 Å². The number of aliphatic carboxylic acids is 1. The van der Waals surface area contributed by atoms with Crippen LogP contribution >= 0.6 is 0 Å². The Morgan fingerprint density at radius 2 is 1.69 bits per heavy atom. The zero-order chi connectivity index (χ0) is 20.5. The van der Waals surface area contributed by atoms with E-state index in [2.05, 4.69) is 9.88 Å². The molecule has 8 nitrogen and oxygen atoms in total. The summed E-state index contributed by atoms with van der Waals surface area (Å²) in [7, 11) is 1.66. The van der Waals surface area contributed by atoms with Gasteiger partial charge in [0.2, 0.25) is 0 Å². The third-order valence-corrected chi connectivity index (χ3v) is 5.51. The second-order valence-corrected chi connectivity index (χ2v) is 7.10. The van der Waals surface area contributed by atoms with E-state index in [-0.39, 0.29) is 5.69 Å². The van der Waals surface area contributed by atoms with Gasteiger partial charge < -0.3 is 19.7 Å². The molecular formula is C21H22N4O4. The van der Waals surface area contributed by atoms with Crippen LogP contribution in [0.5, 0.6) is 0 Å². The number of nitrogens with zero attached hydrogens (tertiary/aromatic N) is 4. The smallest absolute Gasteiger partial charge is 0.352 e. The summed E-state index contributed by atoms with van der Waals surface area (Å²) in [5.41, 5.74) is 1.07. The van der Waals surface area contributed by atoms with Crippen molar-refractivity contribution in [2.24, 2.45) is 7.05 Å². The predicted molar refractivity (Wildman–Crippen MR) is 108 cm³/mol. The molecule has 4 rings (SSSR count). The molecule has 3 heterocycles. The molecule has 1 fully saturated rings. The standard InChI is InChI=1S/C21H22N4O4/c1-23-15-7-3-2-6-14(15)17(18(23)20(26)27)19(21(28)29)25-12-10-24(11-13-25)16-8-4-5-9-22-16/h2-9,19H,10-13H2,1H3,(H,26,27)(H,28,29)/t19-/m1/s1. The summed E-state index contributed by atoms with van der Waals surface area (Å²) in [6.45, 7) is 2.23. The molecule has 8 heteroatoms. The van der Waals surface area contributed by atoms with Crippen LogP contribution in [0.2, 0.25) is 0 Å². The van der Waals surface area contributed by atoms with Gasteiger partial charge in [-0.25, -0.2) is 9.78 Å². The van der Waals surface area contributed by atoms with Crippen molar-refractivity contribution in [3.8, 4) is 0 Å². The second kappa shape index (κ2) is 7.56. The van der Waals surface area contributed by atoms with Crippen LogP contribution in [0.3, 0.4) is 0 Å². The first-order valence-corrected chi connectivity index (χ1v) is 9.42. The Kier molecular flexibility index (Phi) is 4.94. The van der Waals surface area contributed by atoms with E-state index < -0.39 is 18.0 Å². The van der Waals surface area contributed by atoms with Gasteiger partial charge in [0.25, 0.3) is 0 Å². The van der Waals surface area contributed by atoms with Gasteiger partial charge in [-0.1, -0.05) is 24.3 Å². The molecule has 1 atom stereocenters. The number of benzene rings is 1. The van der Waals surface area contributed by atoms with E-state index in [0.29, 0.717) is 42.6 Å². The Bertz CT molecular complexity index is 1060. The van der Waals surface area contributed by atoms with Crippen LogP contribution in [0.25, 0.3) is 10.9 Å². The van der Waals surface area contributed by atoms with E-state index in [9.17, 15) is 19.8 Å². The number of hydrogen-bond donors (Lipinski definition) is 2. The predicted octanol–water partition coefficient (Wildman–Crippen LogP) is 2.22. The highest BCUT2D eigenvalue weighted by atomic mass is 16.4. The molecule has 0 amide bonds. The van der Waals surface area contributed by atoms with Gasteiger partial charge in [0.1, 0.15) is 17.6 Å². The molecule has 1 saturated heterocycles. The number of carbonyl (C=O) groups is 2. The Hall–Kier alpha value is -3.39. The zero-order valence-corrected chi connectivity index (χ0v) is 16.0. The third kappa shape index (κ3) is 3.31. The SMILES string of the molecule is Cn1c(C(=O)O)c([C@H](C(=O)O)N2CCN(c3ccccn3)CC2)c2ccccc21. The van der Waals surface area contributed by atoms with Crippen molar-refractivity contribution in [3.63, 3.8) is 0 Å². The molecule has 1 aliphatic rings. The topological polar surface area (TPSA) is 98.9 Å². The van der Waals surface area contributed by atoms with Crippen molar-refractivity contribution in [2.75, 3.05) is 31.1 Å². The summed E-state index contributed by atoms with van der Waals surface area (Å²) in [5, 5.41) is 20.5. The average Bonchev–Trinajstić information content (AvgIpc) is 3.02. The van der Waals surface area contributed by atoms with E-state index >= 15 is 0 Å². The molecule has 2 aromatic heterocycles. The number of carboxylic acids is 2. The van der Waals surface area contributed by atoms with Gasteiger partial charge in [0.05, 0.1) is 0 Å². The lowest BCUT2D eigenvalue weighted by molar-refractivity contribution is -0.143. The number of carboxylic acid groups (broad SMARTS) is 2. The van der Waals surface area contributed by atoms with Gasteiger partial charge in [0.15, 0.2) is 0 Å². The van der Waals surface area contributed by atoms with Crippen molar-refractivity contribution in [3.05, 3.63) is 59.9 Å². The minimum atomic E-state index is -1.13. The maximum absolute atomic E-state index is 12.3. The number of para-hydroxylation sites is 1. The fourth-order valence-electron chi connectivity index (χ4n) is 4.17. The molecule has 1 aliphatic heterocycles. The third-order valence-electron chi connectivity index (χ3n) is 5.51. The average molecular weight is 394 g/mol. The van der Waals surface area contributed by atoms with Crippen molar-refractivity contribution in [2.45, 2.75) is 6.04 Å². The number of rotatable bonds is 5. The highest BCUT2D eigenvalue weighted by molar-refractivity contribution is 6.01. The molecule has 0 spiro atoms. The first kappa shape index (κ1) is 18.9. The van der Waals surface area contributed by atoms with Gasteiger partial charge in [-0.2, -0.15) is 0 Å². The molecule has 3 aromatic rings. The second-order valence-electron chi connectivity index (χ2n) is 7.10. The lowest BCUT2D eigenvalue weighted by Gasteiger charge is -2.38. The summed E-state index contributed by atoms with van der Waals surface area (Å²) in [4.78, 5) is 32.6. The number of anilines is 1. The Balaban J connectivity index is 1.70. The maximum atomic E-state index is 12.3. The van der Waals surface area contributed by atoms with Crippen molar-refractivity contribution in [1.82, 2.24) is 14.5 Å². The summed E-state index contributed by atoms with van der Waals surface area (Å²) < 4.78 is 1.56. The number of aryl methyl sites for hydroxylation is 1. The van der Waals surface area contributed by atoms with Crippen LogP contribution in [0.1, 0.15) is 22.1 Å². The maximum Gasteiger partial charge on any atom is 0.352 e. The van der Waals surface area contributed by atoms with Crippen molar-refractivity contribution < 1.29 is 19.8 Å². The Labute approximate surface area is 167 Å². The van der Waals surface area contributed by atoms with Gasteiger partial charge >= 0.3 is 11.9 Å². The highest BCUT2D eigenvalue weighted by Crippen LogP contribution is 2.34. The molecule has 0 radical (unpaired) electrons. The van der Waals surface area contributed by atoms with Crippen molar-refractivity contribution >= 4 is 28.7 Å². The van der Waals surface area contributed by atoms with Gasteiger partial charge in [0, 0.05) is 55.9 Å². The lowest BCUT2D eigenvalue weighted by Crippen LogP contribution is -2.49. The number of aromatic nitrogens is 2. The fourth-order valence-corrected chi connectivity index (χ4v) is 4.17. The number of fused-ring (bicyclic) bond motifs is 1. The summed E-state index contributed by atoms with van der Waals surface area (Å²) >= 11 is 0. The summed E-state index contributed by atoms with van der Waals surface area (Å²) in [6, 6.07) is 11.9. The Morgan fingerprint density at radius 1 is 1.00 bits per heavy atom. The molecular weight excluding hydrogens is 372 g/mol. The molecule has 2 N–H and O–H groups in total. The van der Waals surface area contributed by atoms with E-state index in [1.54, 1.807) is 29.9 Å². The van der Waals surface area contributed by atoms with Crippen LogP contribution < -0.4 is 4.90 Å². The Morgan fingerprint density at radius 3 is 2.31 bits per heavy atom. The minimum Gasteiger partial charge on any atom is -0.480 e. The summed E-state index contributed by atoms with van der Waals surface area (Å²) in [6.07, 6.45) is 1.73. The van der Waals surface area contributed by atoms with Crippen molar-refractivity contribution in [1.29, 1.82) is 0 Å². The quantitative estimate of drug-likeness (QED) is 0.685. The van der Waals surface area contributed by atoms with Crippen LogP contribution in [0.4, 0.5) is 5.82 Å². The molecule has 0 saturated carbocycles. The molecule has 0 bridgehead atoms.